The van der Waals surface area contributed by atoms with Crippen LogP contribution in [0.15, 0.2) is 28.8 Å². The van der Waals surface area contributed by atoms with Crippen molar-refractivity contribution in [3.8, 4) is 11.4 Å². The largest absolute Gasteiger partial charge is 0.339 e. The molecule has 0 unspecified atom stereocenters. The Hall–Kier alpha value is -1.39. The lowest BCUT2D eigenvalue weighted by molar-refractivity contribution is 0.380. The minimum absolute atomic E-state index is 0. The number of nitrogens with two attached hydrogens (primary N) is 1. The summed E-state index contributed by atoms with van der Waals surface area (Å²) in [6, 6.07) is 8.00. The van der Waals surface area contributed by atoms with Crippen molar-refractivity contribution in [1.29, 1.82) is 0 Å². The zero-order chi connectivity index (χ0) is 10.7. The summed E-state index contributed by atoms with van der Waals surface area (Å²) in [7, 11) is 0. The summed E-state index contributed by atoms with van der Waals surface area (Å²) in [6.45, 7) is 2.56. The van der Waals surface area contributed by atoms with Crippen LogP contribution in [-0.2, 0) is 6.42 Å². The summed E-state index contributed by atoms with van der Waals surface area (Å²) in [5.41, 5.74) is 7.58. The molecule has 4 nitrogen and oxygen atoms in total. The molecule has 0 fully saturated rings. The number of aromatic nitrogens is 2. The molecule has 0 radical (unpaired) electrons. The number of benzene rings is 1. The highest BCUT2D eigenvalue weighted by molar-refractivity contribution is 5.85. The first-order chi connectivity index (χ1) is 7.29. The first-order valence-corrected chi connectivity index (χ1v) is 4.89. The van der Waals surface area contributed by atoms with Gasteiger partial charge in [-0.05, 0) is 6.92 Å². The third-order valence-electron chi connectivity index (χ3n) is 2.14. The first-order valence-electron chi connectivity index (χ1n) is 4.89. The van der Waals surface area contributed by atoms with Gasteiger partial charge in [-0.15, -0.1) is 12.4 Å². The number of aryl methyl sites for hydroxylation is 1. The van der Waals surface area contributed by atoms with Crippen LogP contribution in [0.4, 0.5) is 0 Å². The van der Waals surface area contributed by atoms with Crippen molar-refractivity contribution in [2.75, 3.05) is 6.54 Å². The van der Waals surface area contributed by atoms with Crippen molar-refractivity contribution in [3.05, 3.63) is 35.7 Å². The van der Waals surface area contributed by atoms with Crippen LogP contribution in [0.2, 0.25) is 0 Å². The Morgan fingerprint density at radius 1 is 1.25 bits per heavy atom. The minimum Gasteiger partial charge on any atom is -0.339 e. The normalized spacial score (nSPS) is 9.88. The molecule has 0 amide bonds. The van der Waals surface area contributed by atoms with Crippen LogP contribution in [0.3, 0.4) is 0 Å². The van der Waals surface area contributed by atoms with Crippen molar-refractivity contribution in [3.63, 3.8) is 0 Å². The van der Waals surface area contributed by atoms with Gasteiger partial charge in [-0.25, -0.2) is 0 Å². The molecule has 0 spiro atoms. The van der Waals surface area contributed by atoms with Gasteiger partial charge in [0.25, 0.3) is 0 Å². The predicted molar refractivity (Wildman–Crippen MR) is 64.5 cm³/mol. The summed E-state index contributed by atoms with van der Waals surface area (Å²) < 4.78 is 5.05. The molecule has 0 saturated heterocycles. The van der Waals surface area contributed by atoms with E-state index in [0.717, 1.165) is 5.56 Å². The van der Waals surface area contributed by atoms with E-state index in [1.165, 1.54) is 5.56 Å². The zero-order valence-corrected chi connectivity index (χ0v) is 9.83. The Bertz CT molecular complexity index is 439. The number of nitrogens with zero attached hydrogens (tertiary/aromatic N) is 2. The van der Waals surface area contributed by atoms with E-state index in [4.69, 9.17) is 10.3 Å². The van der Waals surface area contributed by atoms with Crippen molar-refractivity contribution in [2.45, 2.75) is 13.3 Å². The van der Waals surface area contributed by atoms with Crippen molar-refractivity contribution < 1.29 is 4.52 Å². The van der Waals surface area contributed by atoms with Gasteiger partial charge in [0.2, 0.25) is 11.7 Å². The second kappa shape index (κ2) is 5.63. The molecular formula is C11H14ClN3O. The highest BCUT2D eigenvalue weighted by atomic mass is 35.5. The number of hydrogen-bond acceptors (Lipinski definition) is 4. The molecule has 16 heavy (non-hydrogen) atoms. The van der Waals surface area contributed by atoms with E-state index < -0.39 is 0 Å². The Kier molecular flexibility index (Phi) is 4.46. The smallest absolute Gasteiger partial charge is 0.228 e. The maximum atomic E-state index is 5.40. The predicted octanol–water partition coefficient (Wildman–Crippen LogP) is 1.97. The SMILES string of the molecule is Cc1ccc(-c2noc(CCN)n2)cc1.Cl. The lowest BCUT2D eigenvalue weighted by Crippen LogP contribution is -2.02. The molecule has 0 atom stereocenters. The van der Waals surface area contributed by atoms with Gasteiger partial charge in [0, 0.05) is 18.5 Å². The number of rotatable bonds is 3. The average Bonchev–Trinajstić information content (AvgIpc) is 2.68. The van der Waals surface area contributed by atoms with Gasteiger partial charge in [-0.2, -0.15) is 4.98 Å². The molecular weight excluding hydrogens is 226 g/mol. The van der Waals surface area contributed by atoms with Crippen LogP contribution in [0.5, 0.6) is 0 Å². The second-order valence-electron chi connectivity index (χ2n) is 3.42. The fourth-order valence-electron chi connectivity index (χ4n) is 1.30. The summed E-state index contributed by atoms with van der Waals surface area (Å²) in [5.74, 6) is 1.21. The monoisotopic (exact) mass is 239 g/mol. The third-order valence-corrected chi connectivity index (χ3v) is 2.14. The Labute approximate surface area is 100 Å². The topological polar surface area (TPSA) is 64.9 Å². The van der Waals surface area contributed by atoms with Gasteiger partial charge in [-0.1, -0.05) is 35.0 Å². The fourth-order valence-corrected chi connectivity index (χ4v) is 1.30. The standard InChI is InChI=1S/C11H13N3O.ClH/c1-8-2-4-9(5-3-8)11-13-10(6-7-12)15-14-11;/h2-5H,6-7,12H2,1H3;1H. The molecule has 2 aromatic rings. The quantitative estimate of drug-likeness (QED) is 0.890. The maximum absolute atomic E-state index is 5.40. The second-order valence-corrected chi connectivity index (χ2v) is 3.42. The summed E-state index contributed by atoms with van der Waals surface area (Å²) in [4.78, 5) is 4.24. The summed E-state index contributed by atoms with van der Waals surface area (Å²) in [6.07, 6.45) is 0.624. The van der Waals surface area contributed by atoms with Gasteiger partial charge in [0.1, 0.15) is 0 Å². The lowest BCUT2D eigenvalue weighted by atomic mass is 10.1. The zero-order valence-electron chi connectivity index (χ0n) is 9.01. The van der Waals surface area contributed by atoms with Crippen LogP contribution in [0.25, 0.3) is 11.4 Å². The first kappa shape index (κ1) is 12.7. The molecule has 1 aromatic heterocycles. The van der Waals surface area contributed by atoms with E-state index in [1.807, 2.05) is 31.2 Å². The van der Waals surface area contributed by atoms with Crippen LogP contribution in [0, 0.1) is 6.92 Å². The average molecular weight is 240 g/mol. The molecule has 0 saturated carbocycles. The van der Waals surface area contributed by atoms with Gasteiger partial charge >= 0.3 is 0 Å². The molecule has 0 aliphatic rings. The molecule has 86 valence electrons. The van der Waals surface area contributed by atoms with Crippen molar-refractivity contribution in [2.24, 2.45) is 5.73 Å². The van der Waals surface area contributed by atoms with Crippen molar-refractivity contribution >= 4 is 12.4 Å². The maximum Gasteiger partial charge on any atom is 0.228 e. The van der Waals surface area contributed by atoms with E-state index in [0.29, 0.717) is 24.7 Å². The molecule has 2 N–H and O–H groups in total. The molecule has 0 bridgehead atoms. The van der Waals surface area contributed by atoms with Gasteiger partial charge in [0.05, 0.1) is 0 Å². The lowest BCUT2D eigenvalue weighted by Gasteiger charge is -1.94. The van der Waals surface area contributed by atoms with Crippen LogP contribution in [-0.4, -0.2) is 16.7 Å². The van der Waals surface area contributed by atoms with E-state index in [2.05, 4.69) is 10.1 Å². The highest BCUT2D eigenvalue weighted by Crippen LogP contribution is 2.16. The highest BCUT2D eigenvalue weighted by Gasteiger charge is 2.06. The summed E-state index contributed by atoms with van der Waals surface area (Å²) >= 11 is 0. The molecule has 1 aromatic carbocycles. The third kappa shape index (κ3) is 2.81. The molecule has 0 aliphatic heterocycles. The number of halogens is 1. The van der Waals surface area contributed by atoms with Crippen LogP contribution >= 0.6 is 12.4 Å². The fraction of sp³-hybridized carbons (Fsp3) is 0.273. The molecule has 1 heterocycles. The number of hydrogen-bond donors (Lipinski definition) is 1. The van der Waals surface area contributed by atoms with Gasteiger partial charge in [0.15, 0.2) is 0 Å². The Morgan fingerprint density at radius 2 is 1.94 bits per heavy atom. The van der Waals surface area contributed by atoms with Gasteiger partial charge in [-0.3, -0.25) is 0 Å². The van der Waals surface area contributed by atoms with Crippen LogP contribution < -0.4 is 5.73 Å². The van der Waals surface area contributed by atoms with E-state index in [-0.39, 0.29) is 12.4 Å². The minimum atomic E-state index is 0. The van der Waals surface area contributed by atoms with E-state index >= 15 is 0 Å². The van der Waals surface area contributed by atoms with E-state index in [9.17, 15) is 0 Å². The molecule has 5 heteroatoms. The van der Waals surface area contributed by atoms with E-state index in [1.54, 1.807) is 0 Å². The molecule has 0 aliphatic carbocycles. The Morgan fingerprint density at radius 3 is 2.56 bits per heavy atom. The molecule has 2 rings (SSSR count). The summed E-state index contributed by atoms with van der Waals surface area (Å²) in [5, 5.41) is 3.89. The van der Waals surface area contributed by atoms with Gasteiger partial charge < -0.3 is 10.3 Å². The van der Waals surface area contributed by atoms with Crippen LogP contribution in [0.1, 0.15) is 11.5 Å². The Balaban J connectivity index is 0.00000128. The van der Waals surface area contributed by atoms with Crippen molar-refractivity contribution in [1.82, 2.24) is 10.1 Å².